The molecule has 1 N–H and O–H groups in total. The topological polar surface area (TPSA) is 79.8 Å². The third-order valence-electron chi connectivity index (χ3n) is 4.61. The van der Waals surface area contributed by atoms with Crippen molar-refractivity contribution in [2.75, 3.05) is 49.5 Å². The molecule has 1 heterocycles. The molecule has 0 atom stereocenters. The minimum atomic E-state index is -1.36. The zero-order valence-electron chi connectivity index (χ0n) is 18.2. The van der Waals surface area contributed by atoms with Crippen molar-refractivity contribution in [3.63, 3.8) is 0 Å². The van der Waals surface area contributed by atoms with Gasteiger partial charge in [-0.15, -0.1) is 0 Å². The van der Waals surface area contributed by atoms with Crippen LogP contribution in [0.25, 0.3) is 0 Å². The zero-order valence-corrected chi connectivity index (χ0v) is 18.2. The minimum Gasteiger partial charge on any atom is -0.497 e. The van der Waals surface area contributed by atoms with Crippen molar-refractivity contribution in [1.82, 2.24) is 9.97 Å². The molecule has 0 saturated heterocycles. The molecule has 1 aromatic heterocycles. The van der Waals surface area contributed by atoms with Crippen LogP contribution in [0.3, 0.4) is 0 Å². The summed E-state index contributed by atoms with van der Waals surface area (Å²) in [5.74, 6) is -2.76. The average molecular weight is 461 g/mol. The van der Waals surface area contributed by atoms with Gasteiger partial charge in [0.25, 0.3) is 0 Å². The molecule has 0 fully saturated rings. The molecule has 8 nitrogen and oxygen atoms in total. The maximum Gasteiger partial charge on any atom is 0.332 e. The second-order valence-electron chi connectivity index (χ2n) is 6.84. The molecule has 0 bridgehead atoms. The number of methoxy groups -OCH3 is 2. The Morgan fingerprint density at radius 1 is 1.03 bits per heavy atom. The van der Waals surface area contributed by atoms with Crippen LogP contribution in [0.2, 0.25) is 0 Å². The summed E-state index contributed by atoms with van der Waals surface area (Å²) in [5, 5.41) is 2.27. The molecule has 0 unspecified atom stereocenters. The Morgan fingerprint density at radius 2 is 1.73 bits per heavy atom. The number of hydrogen-bond acceptors (Lipinski definition) is 6. The number of nitrogens with zero attached hydrogens (tertiary/aromatic N) is 4. The molecule has 33 heavy (non-hydrogen) atoms. The van der Waals surface area contributed by atoms with Crippen LogP contribution in [0.15, 0.2) is 48.7 Å². The number of carbonyl (C=O) groups excluding carboxylic acids is 1. The Labute approximate surface area is 188 Å². The van der Waals surface area contributed by atoms with Gasteiger partial charge in [-0.05, 0) is 24.3 Å². The summed E-state index contributed by atoms with van der Waals surface area (Å²) in [4.78, 5) is 24.7. The van der Waals surface area contributed by atoms with Gasteiger partial charge in [0.1, 0.15) is 17.4 Å². The zero-order chi connectivity index (χ0) is 24.0. The second-order valence-corrected chi connectivity index (χ2v) is 6.84. The number of amides is 2. The van der Waals surface area contributed by atoms with E-state index in [0.717, 1.165) is 4.90 Å². The van der Waals surface area contributed by atoms with Gasteiger partial charge in [0.15, 0.2) is 11.6 Å². The molecule has 2 amide bonds. The first kappa shape index (κ1) is 23.8. The third-order valence-corrected chi connectivity index (χ3v) is 4.61. The van der Waals surface area contributed by atoms with E-state index in [9.17, 15) is 18.0 Å². The van der Waals surface area contributed by atoms with Crippen LogP contribution in [-0.2, 0) is 4.74 Å². The van der Waals surface area contributed by atoms with E-state index in [0.29, 0.717) is 42.7 Å². The molecule has 11 heteroatoms. The number of benzene rings is 2. The van der Waals surface area contributed by atoms with E-state index in [1.54, 1.807) is 43.3 Å². The maximum absolute atomic E-state index is 14.1. The monoisotopic (exact) mass is 461 g/mol. The number of likely N-dealkylation sites (N-methyl/N-ethyl adjacent to an activating group) is 1. The summed E-state index contributed by atoms with van der Waals surface area (Å²) in [5.41, 5.74) is -0.163. The first-order valence-corrected chi connectivity index (χ1v) is 9.77. The fraction of sp³-hybridized carbons (Fsp3) is 0.227. The van der Waals surface area contributed by atoms with E-state index in [1.165, 1.54) is 19.4 Å². The van der Waals surface area contributed by atoms with Crippen molar-refractivity contribution in [3.05, 3.63) is 66.1 Å². The lowest BCUT2D eigenvalue weighted by Crippen LogP contribution is -2.32. The van der Waals surface area contributed by atoms with E-state index in [4.69, 9.17) is 9.47 Å². The van der Waals surface area contributed by atoms with Crippen molar-refractivity contribution >= 4 is 29.2 Å². The number of aromatic nitrogens is 2. The van der Waals surface area contributed by atoms with E-state index < -0.39 is 29.2 Å². The summed E-state index contributed by atoms with van der Waals surface area (Å²) in [6.07, 6.45) is 1.46. The number of urea groups is 1. The largest absolute Gasteiger partial charge is 0.497 e. The first-order valence-electron chi connectivity index (χ1n) is 9.77. The van der Waals surface area contributed by atoms with Crippen molar-refractivity contribution in [2.45, 2.75) is 0 Å². The van der Waals surface area contributed by atoms with Crippen LogP contribution in [0.5, 0.6) is 5.75 Å². The Kier molecular flexibility index (Phi) is 7.67. The molecular formula is C22H22F3N5O3. The lowest BCUT2D eigenvalue weighted by Gasteiger charge is -2.24. The number of ether oxygens (including phenoxy) is 2. The number of anilines is 4. The van der Waals surface area contributed by atoms with E-state index in [-0.39, 0.29) is 5.82 Å². The molecule has 0 aliphatic carbocycles. The van der Waals surface area contributed by atoms with Crippen molar-refractivity contribution in [1.29, 1.82) is 0 Å². The molecular weight excluding hydrogens is 439 g/mol. The molecule has 0 saturated carbocycles. The smallest absolute Gasteiger partial charge is 0.332 e. The number of halogens is 3. The number of hydrogen-bond donors (Lipinski definition) is 1. The van der Waals surface area contributed by atoms with Crippen LogP contribution >= 0.6 is 0 Å². The number of rotatable bonds is 8. The molecule has 0 aliphatic rings. The fourth-order valence-corrected chi connectivity index (χ4v) is 2.85. The standard InChI is InChI=1S/C22H22F3N5O3/c1-29(10-11-32-2)21-26-9-8-20(28-21)30(14-4-6-15(33-3)7-5-14)22(31)27-19-13-17(24)16(23)12-18(19)25/h4-9,12-13H,10-11H2,1-3H3,(H,27,31). The van der Waals surface area contributed by atoms with Gasteiger partial charge in [0.2, 0.25) is 5.95 Å². The van der Waals surface area contributed by atoms with Crippen LogP contribution in [0.1, 0.15) is 0 Å². The molecule has 0 spiro atoms. The van der Waals surface area contributed by atoms with Gasteiger partial charge in [-0.3, -0.25) is 0 Å². The highest BCUT2D eigenvalue weighted by Crippen LogP contribution is 2.28. The predicted octanol–water partition coefficient (Wildman–Crippen LogP) is 4.36. The third kappa shape index (κ3) is 5.69. The Hall–Kier alpha value is -3.86. The SMILES string of the molecule is COCCN(C)c1nccc(N(C(=O)Nc2cc(F)c(F)cc2F)c2ccc(OC)cc2)n1. The predicted molar refractivity (Wildman–Crippen MR) is 118 cm³/mol. The van der Waals surface area contributed by atoms with Crippen molar-refractivity contribution in [2.24, 2.45) is 0 Å². The molecule has 0 aliphatic heterocycles. The van der Waals surface area contributed by atoms with E-state index >= 15 is 0 Å². The average Bonchev–Trinajstić information content (AvgIpc) is 2.81. The highest BCUT2D eigenvalue weighted by atomic mass is 19.2. The van der Waals surface area contributed by atoms with Gasteiger partial charge in [-0.25, -0.2) is 27.8 Å². The lowest BCUT2D eigenvalue weighted by atomic mass is 10.2. The summed E-state index contributed by atoms with van der Waals surface area (Å²) in [7, 11) is 4.82. The van der Waals surface area contributed by atoms with Crippen LogP contribution < -0.4 is 19.9 Å². The highest BCUT2D eigenvalue weighted by Gasteiger charge is 2.23. The van der Waals surface area contributed by atoms with Gasteiger partial charge < -0.3 is 19.7 Å². The quantitative estimate of drug-likeness (QED) is 0.503. The highest BCUT2D eigenvalue weighted by molar-refractivity contribution is 6.06. The Balaban J connectivity index is 2.00. The molecule has 3 rings (SSSR count). The number of nitrogens with one attached hydrogen (secondary N) is 1. The lowest BCUT2D eigenvalue weighted by molar-refractivity contribution is 0.206. The van der Waals surface area contributed by atoms with E-state index in [2.05, 4.69) is 15.3 Å². The Bertz CT molecular complexity index is 1110. The summed E-state index contributed by atoms with van der Waals surface area (Å²) >= 11 is 0. The molecule has 0 radical (unpaired) electrons. The van der Waals surface area contributed by atoms with Crippen LogP contribution in [-0.4, -0.2) is 50.4 Å². The van der Waals surface area contributed by atoms with Crippen molar-refractivity contribution in [3.8, 4) is 5.75 Å². The first-order chi connectivity index (χ1) is 15.8. The van der Waals surface area contributed by atoms with E-state index in [1.807, 2.05) is 0 Å². The van der Waals surface area contributed by atoms with Crippen molar-refractivity contribution < 1.29 is 27.4 Å². The second kappa shape index (κ2) is 10.6. The van der Waals surface area contributed by atoms with Gasteiger partial charge in [0, 0.05) is 45.1 Å². The van der Waals surface area contributed by atoms with Gasteiger partial charge in [-0.1, -0.05) is 0 Å². The Morgan fingerprint density at radius 3 is 2.39 bits per heavy atom. The summed E-state index contributed by atoms with van der Waals surface area (Å²) in [6, 6.07) is 8.00. The molecule has 2 aromatic carbocycles. The van der Waals surface area contributed by atoms with Gasteiger partial charge in [-0.2, -0.15) is 4.98 Å². The maximum atomic E-state index is 14.1. The summed E-state index contributed by atoms with van der Waals surface area (Å²) < 4.78 is 51.3. The minimum absolute atomic E-state index is 0.162. The van der Waals surface area contributed by atoms with Crippen LogP contribution in [0.4, 0.5) is 41.1 Å². The molecule has 3 aromatic rings. The summed E-state index contributed by atoms with van der Waals surface area (Å²) in [6.45, 7) is 0.928. The number of carbonyl (C=O) groups is 1. The normalized spacial score (nSPS) is 10.6. The fourth-order valence-electron chi connectivity index (χ4n) is 2.85. The van der Waals surface area contributed by atoms with Gasteiger partial charge in [0.05, 0.1) is 25.1 Å². The molecule has 174 valence electrons. The van der Waals surface area contributed by atoms with Crippen LogP contribution in [0, 0.1) is 17.5 Å². The van der Waals surface area contributed by atoms with Gasteiger partial charge >= 0.3 is 6.03 Å².